The summed E-state index contributed by atoms with van der Waals surface area (Å²) in [5.41, 5.74) is 0. The van der Waals surface area contributed by atoms with Gasteiger partial charge in [-0.3, -0.25) is 0 Å². The Balaban J connectivity index is 2.10. The molecule has 0 aromatic heterocycles. The predicted molar refractivity (Wildman–Crippen MR) is 72.8 cm³/mol. The van der Waals surface area contributed by atoms with E-state index in [0.717, 1.165) is 18.0 Å². The summed E-state index contributed by atoms with van der Waals surface area (Å²) in [5, 5.41) is 3.86. The minimum Gasteiger partial charge on any atom is -0.311 e. The third-order valence-corrected chi connectivity index (χ3v) is 4.17. The fourth-order valence-electron chi connectivity index (χ4n) is 3.07. The normalized spacial score (nSPS) is 27.2. The molecular formula is C15H31N. The van der Waals surface area contributed by atoms with E-state index in [4.69, 9.17) is 0 Å². The smallest absolute Gasteiger partial charge is 0.00977 e. The molecule has 1 heteroatoms. The molecule has 1 fully saturated rings. The quantitative estimate of drug-likeness (QED) is 0.599. The molecule has 1 rings (SSSR count). The van der Waals surface area contributed by atoms with Gasteiger partial charge < -0.3 is 5.32 Å². The Kier molecular flexibility index (Phi) is 7.11. The van der Waals surface area contributed by atoms with Crippen molar-refractivity contribution in [2.75, 3.05) is 0 Å². The van der Waals surface area contributed by atoms with Crippen molar-refractivity contribution in [3.05, 3.63) is 0 Å². The fourth-order valence-corrected chi connectivity index (χ4v) is 3.07. The average molecular weight is 225 g/mol. The molecule has 0 saturated heterocycles. The second-order valence-electron chi connectivity index (χ2n) is 5.62. The van der Waals surface area contributed by atoms with Crippen molar-refractivity contribution < 1.29 is 0 Å². The van der Waals surface area contributed by atoms with Gasteiger partial charge in [0.25, 0.3) is 0 Å². The molecule has 3 unspecified atom stereocenters. The third-order valence-electron chi connectivity index (χ3n) is 4.17. The molecule has 3 atom stereocenters. The Morgan fingerprint density at radius 2 is 1.94 bits per heavy atom. The predicted octanol–water partition coefficient (Wildman–Crippen LogP) is 4.51. The molecule has 1 saturated carbocycles. The number of rotatable bonds is 8. The average Bonchev–Trinajstić information content (AvgIpc) is 2.71. The van der Waals surface area contributed by atoms with Crippen LogP contribution < -0.4 is 5.32 Å². The molecule has 0 amide bonds. The van der Waals surface area contributed by atoms with Gasteiger partial charge in [0.05, 0.1) is 0 Å². The van der Waals surface area contributed by atoms with Gasteiger partial charge in [0.2, 0.25) is 0 Å². The van der Waals surface area contributed by atoms with Gasteiger partial charge in [-0.2, -0.15) is 0 Å². The standard InChI is InChI=1S/C15H31N/c1-4-6-7-8-10-13(3)16-15-12-9-11-14(15)5-2/h13-16H,4-12H2,1-3H3. The molecule has 1 N–H and O–H groups in total. The van der Waals surface area contributed by atoms with E-state index in [-0.39, 0.29) is 0 Å². The van der Waals surface area contributed by atoms with Crippen molar-refractivity contribution in [2.45, 2.75) is 90.6 Å². The van der Waals surface area contributed by atoms with Gasteiger partial charge in [0, 0.05) is 12.1 Å². The van der Waals surface area contributed by atoms with Crippen molar-refractivity contribution in [3.8, 4) is 0 Å². The largest absolute Gasteiger partial charge is 0.311 e. The van der Waals surface area contributed by atoms with Crippen molar-refractivity contribution in [2.24, 2.45) is 5.92 Å². The zero-order valence-electron chi connectivity index (χ0n) is 11.6. The molecule has 1 nitrogen and oxygen atoms in total. The second kappa shape index (κ2) is 8.11. The molecular weight excluding hydrogens is 194 g/mol. The van der Waals surface area contributed by atoms with Crippen LogP contribution in [0.4, 0.5) is 0 Å². The maximum absolute atomic E-state index is 3.86. The van der Waals surface area contributed by atoms with Gasteiger partial charge in [-0.1, -0.05) is 52.4 Å². The van der Waals surface area contributed by atoms with Crippen molar-refractivity contribution in [1.82, 2.24) is 5.32 Å². The Labute approximate surface area is 102 Å². The molecule has 1 aliphatic rings. The Morgan fingerprint density at radius 3 is 2.62 bits per heavy atom. The van der Waals surface area contributed by atoms with Crippen molar-refractivity contribution >= 4 is 0 Å². The van der Waals surface area contributed by atoms with Crippen LogP contribution in [-0.4, -0.2) is 12.1 Å². The zero-order valence-corrected chi connectivity index (χ0v) is 11.6. The summed E-state index contributed by atoms with van der Waals surface area (Å²) >= 11 is 0. The molecule has 0 aromatic rings. The third kappa shape index (κ3) is 4.86. The molecule has 0 aliphatic heterocycles. The van der Waals surface area contributed by atoms with E-state index < -0.39 is 0 Å². The van der Waals surface area contributed by atoms with Gasteiger partial charge >= 0.3 is 0 Å². The first kappa shape index (κ1) is 14.0. The topological polar surface area (TPSA) is 12.0 Å². The molecule has 0 heterocycles. The van der Waals surface area contributed by atoms with E-state index in [1.165, 1.54) is 57.8 Å². The SMILES string of the molecule is CCCCCCC(C)NC1CCCC1CC. The maximum Gasteiger partial charge on any atom is 0.00977 e. The number of hydrogen-bond acceptors (Lipinski definition) is 1. The van der Waals surface area contributed by atoms with Crippen LogP contribution in [0.2, 0.25) is 0 Å². The maximum atomic E-state index is 3.86. The summed E-state index contributed by atoms with van der Waals surface area (Å²) < 4.78 is 0. The second-order valence-corrected chi connectivity index (χ2v) is 5.62. The monoisotopic (exact) mass is 225 g/mol. The highest BCUT2D eigenvalue weighted by atomic mass is 15.0. The minimum atomic E-state index is 0.731. The van der Waals surface area contributed by atoms with E-state index in [9.17, 15) is 0 Å². The summed E-state index contributed by atoms with van der Waals surface area (Å²) in [5.74, 6) is 0.957. The summed E-state index contributed by atoms with van der Waals surface area (Å²) in [4.78, 5) is 0. The van der Waals surface area contributed by atoms with Gasteiger partial charge in [-0.05, 0) is 32.1 Å². The molecule has 0 radical (unpaired) electrons. The number of nitrogens with one attached hydrogen (secondary N) is 1. The lowest BCUT2D eigenvalue weighted by molar-refractivity contribution is 0.343. The first-order chi connectivity index (χ1) is 7.77. The first-order valence-corrected chi connectivity index (χ1v) is 7.54. The first-order valence-electron chi connectivity index (χ1n) is 7.54. The van der Waals surface area contributed by atoms with Crippen LogP contribution in [0.15, 0.2) is 0 Å². The summed E-state index contributed by atoms with van der Waals surface area (Å²) in [6.07, 6.45) is 12.6. The van der Waals surface area contributed by atoms with Crippen LogP contribution in [0.3, 0.4) is 0 Å². The Morgan fingerprint density at radius 1 is 1.12 bits per heavy atom. The summed E-state index contributed by atoms with van der Waals surface area (Å²) in [6.45, 7) is 7.00. The van der Waals surface area contributed by atoms with E-state index in [1.54, 1.807) is 0 Å². The molecule has 96 valence electrons. The van der Waals surface area contributed by atoms with E-state index in [2.05, 4.69) is 26.1 Å². The fraction of sp³-hybridized carbons (Fsp3) is 1.00. The highest BCUT2D eigenvalue weighted by molar-refractivity contribution is 4.84. The molecule has 0 bridgehead atoms. The van der Waals surface area contributed by atoms with Gasteiger partial charge in [-0.25, -0.2) is 0 Å². The van der Waals surface area contributed by atoms with Crippen molar-refractivity contribution in [1.29, 1.82) is 0 Å². The number of hydrogen-bond donors (Lipinski definition) is 1. The highest BCUT2D eigenvalue weighted by Gasteiger charge is 2.26. The van der Waals surface area contributed by atoms with Crippen LogP contribution in [0, 0.1) is 5.92 Å². The van der Waals surface area contributed by atoms with Crippen molar-refractivity contribution in [3.63, 3.8) is 0 Å². The van der Waals surface area contributed by atoms with Crippen LogP contribution >= 0.6 is 0 Å². The van der Waals surface area contributed by atoms with Gasteiger partial charge in [-0.15, -0.1) is 0 Å². The lowest BCUT2D eigenvalue weighted by atomic mass is 9.99. The van der Waals surface area contributed by atoms with Gasteiger partial charge in [0.15, 0.2) is 0 Å². The van der Waals surface area contributed by atoms with E-state index in [0.29, 0.717) is 0 Å². The minimum absolute atomic E-state index is 0.731. The lowest BCUT2D eigenvalue weighted by Gasteiger charge is -2.24. The number of unbranched alkanes of at least 4 members (excludes halogenated alkanes) is 3. The molecule has 0 aromatic carbocycles. The molecule has 0 spiro atoms. The van der Waals surface area contributed by atoms with Crippen LogP contribution in [0.5, 0.6) is 0 Å². The van der Waals surface area contributed by atoms with E-state index in [1.807, 2.05) is 0 Å². The Hall–Kier alpha value is -0.0400. The molecule has 1 aliphatic carbocycles. The lowest BCUT2D eigenvalue weighted by Crippen LogP contribution is -2.38. The highest BCUT2D eigenvalue weighted by Crippen LogP contribution is 2.28. The van der Waals surface area contributed by atoms with Crippen LogP contribution in [0.1, 0.15) is 78.6 Å². The van der Waals surface area contributed by atoms with Gasteiger partial charge in [0.1, 0.15) is 0 Å². The summed E-state index contributed by atoms with van der Waals surface area (Å²) in [7, 11) is 0. The van der Waals surface area contributed by atoms with Crippen LogP contribution in [-0.2, 0) is 0 Å². The summed E-state index contributed by atoms with van der Waals surface area (Å²) in [6, 6.07) is 1.56. The zero-order chi connectivity index (χ0) is 11.8. The van der Waals surface area contributed by atoms with E-state index >= 15 is 0 Å². The van der Waals surface area contributed by atoms with Crippen LogP contribution in [0.25, 0.3) is 0 Å². The Bertz CT molecular complexity index is 167. The molecule has 16 heavy (non-hydrogen) atoms.